The smallest absolute Gasteiger partial charge is 0.266 e. The number of amides is 1. The van der Waals surface area contributed by atoms with Gasteiger partial charge < -0.3 is 0 Å². The number of rotatable bonds is 2. The fourth-order valence-electron chi connectivity index (χ4n) is 5.46. The quantitative estimate of drug-likeness (QED) is 0.829. The lowest BCUT2D eigenvalue weighted by Crippen LogP contribution is -2.46. The first kappa shape index (κ1) is 13.3. The van der Waals surface area contributed by atoms with Crippen LogP contribution in [-0.4, -0.2) is 11.6 Å². The van der Waals surface area contributed by atoms with Crippen LogP contribution in [0.25, 0.3) is 0 Å². The Bertz CT molecular complexity index is 609. The van der Waals surface area contributed by atoms with Crippen molar-refractivity contribution in [1.82, 2.24) is 5.43 Å². The first-order chi connectivity index (χ1) is 10.8. The summed E-state index contributed by atoms with van der Waals surface area (Å²) in [7, 11) is 0. The number of hydrazone groups is 1. The van der Waals surface area contributed by atoms with Gasteiger partial charge in [-0.25, -0.2) is 5.43 Å². The lowest BCUT2D eigenvalue weighted by atomic mass is 9.55. The molecule has 0 saturated heterocycles. The number of nitrogens with zero attached hydrogens (tertiary/aromatic N) is 1. The maximum absolute atomic E-state index is 12.4. The monoisotopic (exact) mass is 314 g/mol. The van der Waals surface area contributed by atoms with Crippen LogP contribution in [0.4, 0.5) is 0 Å². The largest absolute Gasteiger partial charge is 0.281 e. The first-order valence-electron chi connectivity index (χ1n) is 8.75. The van der Waals surface area contributed by atoms with Gasteiger partial charge in [0.1, 0.15) is 0 Å². The van der Waals surface area contributed by atoms with Crippen molar-refractivity contribution in [2.24, 2.45) is 28.8 Å². The maximum atomic E-state index is 12.4. The molecule has 1 heterocycles. The Balaban J connectivity index is 1.32. The van der Waals surface area contributed by atoms with Crippen molar-refractivity contribution in [3.63, 3.8) is 0 Å². The van der Waals surface area contributed by atoms with Crippen LogP contribution >= 0.6 is 11.3 Å². The Morgan fingerprint density at radius 1 is 1.09 bits per heavy atom. The summed E-state index contributed by atoms with van der Waals surface area (Å²) in [6, 6.07) is 2.08. The summed E-state index contributed by atoms with van der Waals surface area (Å²) in [5.74, 6) is 3.20. The van der Waals surface area contributed by atoms with Crippen LogP contribution in [-0.2, 0) is 12.8 Å². The van der Waals surface area contributed by atoms with Crippen LogP contribution in [0.15, 0.2) is 11.2 Å². The van der Waals surface area contributed by atoms with Crippen LogP contribution in [0.3, 0.4) is 0 Å². The summed E-state index contributed by atoms with van der Waals surface area (Å²) in [6.45, 7) is 0. The van der Waals surface area contributed by atoms with Gasteiger partial charge in [0.25, 0.3) is 5.91 Å². The van der Waals surface area contributed by atoms with E-state index in [4.69, 9.17) is 0 Å². The molecule has 5 aliphatic rings. The van der Waals surface area contributed by atoms with E-state index in [1.807, 2.05) is 0 Å². The van der Waals surface area contributed by atoms with E-state index in [1.54, 1.807) is 11.3 Å². The molecule has 0 radical (unpaired) electrons. The molecule has 5 aliphatic carbocycles. The van der Waals surface area contributed by atoms with Gasteiger partial charge in [-0.15, -0.1) is 11.3 Å². The fourth-order valence-corrected chi connectivity index (χ4v) is 6.60. The van der Waals surface area contributed by atoms with Gasteiger partial charge in [0.2, 0.25) is 0 Å². The van der Waals surface area contributed by atoms with Gasteiger partial charge in [-0.1, -0.05) is 0 Å². The third-order valence-corrected chi connectivity index (χ3v) is 7.47. The molecular formula is C18H22N2OS. The van der Waals surface area contributed by atoms with Crippen LogP contribution in [0, 0.1) is 23.7 Å². The standard InChI is InChI=1S/C18H22N2OS/c21-18(16-9-12-2-1-3-15(12)22-16)20-19-17-13-5-10-4-11(7-13)8-14(17)6-10/h9-11,13-14H,1-8H2,(H,20,21). The number of nitrogens with one attached hydrogen (secondary N) is 1. The molecule has 0 unspecified atom stereocenters. The highest BCUT2D eigenvalue weighted by Gasteiger charge is 2.46. The minimum atomic E-state index is 0.000654. The van der Waals surface area contributed by atoms with Crippen molar-refractivity contribution < 1.29 is 4.79 Å². The third-order valence-electron chi connectivity index (χ3n) is 6.23. The molecule has 4 heteroatoms. The second-order valence-electron chi connectivity index (χ2n) is 7.69. The number of carbonyl (C=O) groups is 1. The Labute approximate surface area is 135 Å². The molecule has 116 valence electrons. The normalized spacial score (nSPS) is 34.8. The first-order valence-corrected chi connectivity index (χ1v) is 9.57. The van der Waals surface area contributed by atoms with Gasteiger partial charge in [0, 0.05) is 10.6 Å². The molecule has 1 amide bonds. The zero-order valence-corrected chi connectivity index (χ0v) is 13.6. The van der Waals surface area contributed by atoms with Crippen LogP contribution in [0.2, 0.25) is 0 Å². The van der Waals surface area contributed by atoms with Crippen molar-refractivity contribution >= 4 is 23.0 Å². The second kappa shape index (κ2) is 4.92. The fraction of sp³-hybridized carbons (Fsp3) is 0.667. The van der Waals surface area contributed by atoms with Gasteiger partial charge in [-0.3, -0.25) is 4.79 Å². The highest BCUT2D eigenvalue weighted by molar-refractivity contribution is 7.14. The average molecular weight is 314 g/mol. The van der Waals surface area contributed by atoms with E-state index in [0.717, 1.165) is 29.6 Å². The molecule has 0 aliphatic heterocycles. The van der Waals surface area contributed by atoms with Crippen molar-refractivity contribution in [3.8, 4) is 0 Å². The Kier molecular flexibility index (Phi) is 2.97. The van der Waals surface area contributed by atoms with Crippen molar-refractivity contribution in [2.75, 3.05) is 0 Å². The van der Waals surface area contributed by atoms with Gasteiger partial charge in [0.15, 0.2) is 0 Å². The molecule has 1 aromatic heterocycles. The summed E-state index contributed by atoms with van der Waals surface area (Å²) < 4.78 is 0. The van der Waals surface area contributed by atoms with Crippen molar-refractivity contribution in [3.05, 3.63) is 21.4 Å². The highest BCUT2D eigenvalue weighted by atomic mass is 32.1. The lowest BCUT2D eigenvalue weighted by Gasteiger charge is -2.50. The summed E-state index contributed by atoms with van der Waals surface area (Å²) in [4.78, 5) is 14.6. The minimum absolute atomic E-state index is 0.000654. The van der Waals surface area contributed by atoms with E-state index in [9.17, 15) is 4.79 Å². The number of fused-ring (bicyclic) bond motifs is 1. The molecule has 4 bridgehead atoms. The van der Waals surface area contributed by atoms with Crippen molar-refractivity contribution in [2.45, 2.75) is 51.4 Å². The molecule has 1 aromatic rings. The summed E-state index contributed by atoms with van der Waals surface area (Å²) >= 11 is 1.66. The highest BCUT2D eigenvalue weighted by Crippen LogP contribution is 2.52. The number of carbonyl (C=O) groups excluding carboxylic acids is 1. The predicted molar refractivity (Wildman–Crippen MR) is 88.3 cm³/mol. The van der Waals surface area contributed by atoms with Gasteiger partial charge in [0.05, 0.1) is 4.88 Å². The summed E-state index contributed by atoms with van der Waals surface area (Å²) in [5.41, 5.74) is 5.57. The molecule has 6 rings (SSSR count). The summed E-state index contributed by atoms with van der Waals surface area (Å²) in [6.07, 6.45) is 10.2. The number of hydrogen-bond acceptors (Lipinski definition) is 3. The molecular weight excluding hydrogens is 292 g/mol. The van der Waals surface area contributed by atoms with E-state index >= 15 is 0 Å². The number of aryl methyl sites for hydroxylation is 2. The SMILES string of the molecule is O=C(NN=C1C2CC3CC(C2)CC1C3)c1cc2c(s1)CCC2. The molecule has 0 spiro atoms. The lowest BCUT2D eigenvalue weighted by molar-refractivity contribution is 0.0946. The maximum Gasteiger partial charge on any atom is 0.281 e. The van der Waals surface area contributed by atoms with Crippen LogP contribution in [0.1, 0.15) is 58.6 Å². The predicted octanol–water partition coefficient (Wildman–Crippen LogP) is 3.78. The van der Waals surface area contributed by atoms with Crippen LogP contribution < -0.4 is 5.43 Å². The van der Waals surface area contributed by atoms with E-state index in [1.165, 1.54) is 54.7 Å². The number of thiophene rings is 1. The van der Waals surface area contributed by atoms with E-state index in [2.05, 4.69) is 16.6 Å². The molecule has 4 saturated carbocycles. The van der Waals surface area contributed by atoms with Gasteiger partial charge in [-0.05, 0) is 86.7 Å². The van der Waals surface area contributed by atoms with Crippen LogP contribution in [0.5, 0.6) is 0 Å². The van der Waals surface area contributed by atoms with E-state index in [0.29, 0.717) is 11.8 Å². The van der Waals surface area contributed by atoms with E-state index < -0.39 is 0 Å². The Hall–Kier alpha value is -1.16. The number of hydrogen-bond donors (Lipinski definition) is 1. The zero-order chi connectivity index (χ0) is 14.7. The zero-order valence-electron chi connectivity index (χ0n) is 12.8. The van der Waals surface area contributed by atoms with Gasteiger partial charge in [-0.2, -0.15) is 5.10 Å². The second-order valence-corrected chi connectivity index (χ2v) is 8.83. The third kappa shape index (κ3) is 2.07. The van der Waals surface area contributed by atoms with Gasteiger partial charge >= 0.3 is 0 Å². The Morgan fingerprint density at radius 3 is 2.50 bits per heavy atom. The topological polar surface area (TPSA) is 41.5 Å². The minimum Gasteiger partial charge on any atom is -0.266 e. The average Bonchev–Trinajstić information content (AvgIpc) is 3.06. The molecule has 3 nitrogen and oxygen atoms in total. The Morgan fingerprint density at radius 2 is 1.82 bits per heavy atom. The van der Waals surface area contributed by atoms with E-state index in [-0.39, 0.29) is 5.91 Å². The molecule has 0 aromatic carbocycles. The molecule has 4 fully saturated rings. The molecule has 22 heavy (non-hydrogen) atoms. The van der Waals surface area contributed by atoms with Crippen molar-refractivity contribution in [1.29, 1.82) is 0 Å². The molecule has 0 atom stereocenters. The summed E-state index contributed by atoms with van der Waals surface area (Å²) in [5, 5.41) is 4.61. The molecule has 1 N–H and O–H groups in total.